The van der Waals surface area contributed by atoms with Crippen molar-refractivity contribution in [3.8, 4) is 11.5 Å². The Balaban J connectivity index is 2.35. The van der Waals surface area contributed by atoms with Crippen LogP contribution in [0.4, 0.5) is 0 Å². The Labute approximate surface area is 138 Å². The SMILES string of the molecule is O=C(CCl)OCCOc1ccccc1OCCOC(=O)CCl. The normalized spacial score (nSPS) is 9.91. The van der Waals surface area contributed by atoms with Gasteiger partial charge in [0.05, 0.1) is 0 Å². The van der Waals surface area contributed by atoms with Crippen LogP contribution in [0, 0.1) is 0 Å². The summed E-state index contributed by atoms with van der Waals surface area (Å²) in [7, 11) is 0. The number of hydrogen-bond donors (Lipinski definition) is 0. The first-order chi connectivity index (χ1) is 10.7. The van der Waals surface area contributed by atoms with Gasteiger partial charge in [-0.25, -0.2) is 0 Å². The molecule has 0 heterocycles. The van der Waals surface area contributed by atoms with E-state index >= 15 is 0 Å². The van der Waals surface area contributed by atoms with Crippen molar-refractivity contribution >= 4 is 35.1 Å². The van der Waals surface area contributed by atoms with Crippen LogP contribution in [0.15, 0.2) is 24.3 Å². The van der Waals surface area contributed by atoms with Gasteiger partial charge in [0.2, 0.25) is 0 Å². The summed E-state index contributed by atoms with van der Waals surface area (Å²) in [6, 6.07) is 6.98. The summed E-state index contributed by atoms with van der Waals surface area (Å²) >= 11 is 10.6. The lowest BCUT2D eigenvalue weighted by molar-refractivity contribution is -0.142. The van der Waals surface area contributed by atoms with Crippen molar-refractivity contribution in [3.05, 3.63) is 24.3 Å². The van der Waals surface area contributed by atoms with Gasteiger partial charge in [-0.1, -0.05) is 12.1 Å². The smallest absolute Gasteiger partial charge is 0.320 e. The van der Waals surface area contributed by atoms with Crippen LogP contribution in [0.25, 0.3) is 0 Å². The number of rotatable bonds is 10. The van der Waals surface area contributed by atoms with E-state index < -0.39 is 11.9 Å². The van der Waals surface area contributed by atoms with E-state index in [-0.39, 0.29) is 38.2 Å². The first kappa shape index (κ1) is 18.4. The van der Waals surface area contributed by atoms with Gasteiger partial charge in [0.1, 0.15) is 38.2 Å². The Morgan fingerprint density at radius 1 is 0.773 bits per heavy atom. The summed E-state index contributed by atoms with van der Waals surface area (Å²) in [5, 5.41) is 0. The fraction of sp³-hybridized carbons (Fsp3) is 0.429. The maximum atomic E-state index is 10.9. The highest BCUT2D eigenvalue weighted by Gasteiger charge is 2.06. The molecule has 0 fully saturated rings. The van der Waals surface area contributed by atoms with Crippen LogP contribution in [0.2, 0.25) is 0 Å². The van der Waals surface area contributed by atoms with Crippen LogP contribution in [0.1, 0.15) is 0 Å². The average molecular weight is 351 g/mol. The van der Waals surface area contributed by atoms with Crippen LogP contribution >= 0.6 is 23.2 Å². The van der Waals surface area contributed by atoms with Crippen molar-refractivity contribution in [1.82, 2.24) is 0 Å². The Morgan fingerprint density at radius 2 is 1.18 bits per heavy atom. The molecular weight excluding hydrogens is 335 g/mol. The van der Waals surface area contributed by atoms with Gasteiger partial charge in [0, 0.05) is 0 Å². The molecule has 0 atom stereocenters. The van der Waals surface area contributed by atoms with E-state index in [1.807, 2.05) is 0 Å². The second-order valence-corrected chi connectivity index (χ2v) is 4.39. The van der Waals surface area contributed by atoms with Crippen molar-refractivity contribution in [1.29, 1.82) is 0 Å². The molecule has 122 valence electrons. The molecule has 6 nitrogen and oxygen atoms in total. The van der Waals surface area contributed by atoms with Crippen LogP contribution in [0.3, 0.4) is 0 Å². The number of ether oxygens (including phenoxy) is 4. The van der Waals surface area contributed by atoms with Crippen molar-refractivity contribution < 1.29 is 28.5 Å². The lowest BCUT2D eigenvalue weighted by atomic mass is 10.3. The molecule has 0 spiro atoms. The van der Waals surface area contributed by atoms with E-state index in [0.29, 0.717) is 11.5 Å². The van der Waals surface area contributed by atoms with Gasteiger partial charge in [-0.15, -0.1) is 23.2 Å². The molecule has 0 amide bonds. The Hall–Kier alpha value is -1.66. The quantitative estimate of drug-likeness (QED) is 0.365. The van der Waals surface area contributed by atoms with Gasteiger partial charge in [0.15, 0.2) is 11.5 Å². The molecule has 0 N–H and O–H groups in total. The fourth-order valence-electron chi connectivity index (χ4n) is 1.38. The van der Waals surface area contributed by atoms with E-state index in [0.717, 1.165) is 0 Å². The summed E-state index contributed by atoms with van der Waals surface area (Å²) < 4.78 is 20.5. The minimum Gasteiger partial charge on any atom is -0.486 e. The number of alkyl halides is 2. The van der Waals surface area contributed by atoms with E-state index in [1.54, 1.807) is 24.3 Å². The number of hydrogen-bond acceptors (Lipinski definition) is 6. The lowest BCUT2D eigenvalue weighted by Crippen LogP contribution is -2.14. The predicted octanol–water partition coefficient (Wildman–Crippen LogP) is 2.01. The first-order valence-electron chi connectivity index (χ1n) is 6.45. The minimum atomic E-state index is -0.504. The molecule has 22 heavy (non-hydrogen) atoms. The Bertz CT molecular complexity index is 437. The third-order valence-corrected chi connectivity index (χ3v) is 2.71. The number of para-hydroxylation sites is 2. The zero-order valence-electron chi connectivity index (χ0n) is 11.8. The van der Waals surface area contributed by atoms with Crippen molar-refractivity contribution in [3.63, 3.8) is 0 Å². The zero-order valence-corrected chi connectivity index (χ0v) is 13.3. The van der Waals surface area contributed by atoms with Crippen LogP contribution in [-0.2, 0) is 19.1 Å². The van der Waals surface area contributed by atoms with E-state index in [1.165, 1.54) is 0 Å². The molecule has 0 aliphatic heterocycles. The molecule has 0 radical (unpaired) electrons. The summed E-state index contributed by atoms with van der Waals surface area (Å²) in [4.78, 5) is 21.7. The van der Waals surface area contributed by atoms with Crippen molar-refractivity contribution in [2.24, 2.45) is 0 Å². The maximum Gasteiger partial charge on any atom is 0.320 e. The largest absolute Gasteiger partial charge is 0.486 e. The summed E-state index contributed by atoms with van der Waals surface area (Å²) in [6.07, 6.45) is 0. The van der Waals surface area contributed by atoms with Crippen LogP contribution < -0.4 is 9.47 Å². The van der Waals surface area contributed by atoms with Gasteiger partial charge < -0.3 is 18.9 Å². The highest BCUT2D eigenvalue weighted by Crippen LogP contribution is 2.26. The molecule has 8 heteroatoms. The monoisotopic (exact) mass is 350 g/mol. The number of esters is 2. The second kappa shape index (κ2) is 11.0. The van der Waals surface area contributed by atoms with Gasteiger partial charge in [-0.3, -0.25) is 9.59 Å². The number of benzene rings is 1. The minimum absolute atomic E-state index is 0.0905. The molecule has 0 aromatic heterocycles. The number of carbonyl (C=O) groups is 2. The molecule has 0 saturated carbocycles. The van der Waals surface area contributed by atoms with Crippen LogP contribution in [-0.4, -0.2) is 50.1 Å². The zero-order chi connectivity index (χ0) is 16.2. The molecule has 1 aromatic carbocycles. The maximum absolute atomic E-state index is 10.9. The van der Waals surface area contributed by atoms with Gasteiger partial charge in [-0.2, -0.15) is 0 Å². The average Bonchev–Trinajstić information content (AvgIpc) is 2.56. The third-order valence-electron chi connectivity index (χ3n) is 2.28. The number of halogens is 2. The van der Waals surface area contributed by atoms with E-state index in [2.05, 4.69) is 0 Å². The Morgan fingerprint density at radius 3 is 1.55 bits per heavy atom. The molecule has 1 rings (SSSR count). The van der Waals surface area contributed by atoms with Gasteiger partial charge in [-0.05, 0) is 12.1 Å². The van der Waals surface area contributed by atoms with Crippen LogP contribution in [0.5, 0.6) is 11.5 Å². The van der Waals surface area contributed by atoms with Gasteiger partial charge in [0.25, 0.3) is 0 Å². The Kier molecular flexibility index (Phi) is 9.18. The summed E-state index contributed by atoms with van der Waals surface area (Å²) in [5.41, 5.74) is 0. The lowest BCUT2D eigenvalue weighted by Gasteiger charge is -2.12. The van der Waals surface area contributed by atoms with E-state index in [4.69, 9.17) is 42.1 Å². The molecule has 0 aliphatic rings. The standard InChI is InChI=1S/C14H16Cl2O6/c15-9-13(17)21-7-5-19-11-3-1-2-4-12(11)20-6-8-22-14(18)10-16/h1-4H,5-10H2. The summed E-state index contributed by atoms with van der Waals surface area (Å²) in [6.45, 7) is 0.523. The van der Waals surface area contributed by atoms with Crippen molar-refractivity contribution in [2.75, 3.05) is 38.2 Å². The molecule has 0 bridgehead atoms. The topological polar surface area (TPSA) is 71.1 Å². The first-order valence-corrected chi connectivity index (χ1v) is 7.52. The molecule has 1 aromatic rings. The molecule has 0 saturated heterocycles. The molecule has 0 aliphatic carbocycles. The van der Waals surface area contributed by atoms with Gasteiger partial charge >= 0.3 is 11.9 Å². The summed E-state index contributed by atoms with van der Waals surface area (Å²) in [5.74, 6) is -0.408. The highest BCUT2D eigenvalue weighted by atomic mass is 35.5. The molecule has 0 unspecified atom stereocenters. The predicted molar refractivity (Wildman–Crippen MR) is 80.8 cm³/mol. The molecular formula is C14H16Cl2O6. The van der Waals surface area contributed by atoms with E-state index in [9.17, 15) is 9.59 Å². The van der Waals surface area contributed by atoms with Crippen molar-refractivity contribution in [2.45, 2.75) is 0 Å². The third kappa shape index (κ3) is 7.38. The fourth-order valence-corrected chi connectivity index (χ4v) is 1.53. The second-order valence-electron chi connectivity index (χ2n) is 3.85. The number of carbonyl (C=O) groups excluding carboxylic acids is 2. The highest BCUT2D eigenvalue weighted by molar-refractivity contribution is 6.26.